The Morgan fingerprint density at radius 2 is 2.07 bits per heavy atom. The average molecular weight is 444 g/mol. The van der Waals surface area contributed by atoms with E-state index >= 15 is 0 Å². The highest BCUT2D eigenvalue weighted by Gasteiger charge is 2.09. The summed E-state index contributed by atoms with van der Waals surface area (Å²) < 4.78 is 8.63. The fraction of sp³-hybridized carbons (Fsp3) is 0.238. The number of aromatic nitrogens is 1. The molecule has 30 heavy (non-hydrogen) atoms. The fourth-order valence-corrected chi connectivity index (χ4v) is 4.26. The molecule has 156 valence electrons. The van der Waals surface area contributed by atoms with Crippen molar-refractivity contribution in [2.45, 2.75) is 13.5 Å². The molecule has 7 nitrogen and oxygen atoms in total. The van der Waals surface area contributed by atoms with Gasteiger partial charge in [-0.1, -0.05) is 11.3 Å². The van der Waals surface area contributed by atoms with Gasteiger partial charge in [0.25, 0.3) is 11.6 Å². The van der Waals surface area contributed by atoms with Crippen molar-refractivity contribution in [1.29, 1.82) is 0 Å². The first-order chi connectivity index (χ1) is 14.5. The molecule has 0 unspecified atom stereocenters. The number of nitro groups is 1. The summed E-state index contributed by atoms with van der Waals surface area (Å²) in [4.78, 5) is 27.6. The third kappa shape index (κ3) is 5.37. The Kier molecular flexibility index (Phi) is 7.42. The maximum atomic E-state index is 12.4. The number of non-ortho nitro benzene ring substituents is 1. The highest BCUT2D eigenvalue weighted by atomic mass is 32.2. The van der Waals surface area contributed by atoms with Crippen LogP contribution in [0.1, 0.15) is 12.5 Å². The number of nitro benzene ring substituents is 1. The van der Waals surface area contributed by atoms with Crippen LogP contribution in [0.25, 0.3) is 16.3 Å². The lowest BCUT2D eigenvalue weighted by Crippen LogP contribution is -2.17. The number of rotatable bonds is 8. The van der Waals surface area contributed by atoms with Crippen LogP contribution >= 0.6 is 23.1 Å². The van der Waals surface area contributed by atoms with Gasteiger partial charge in [0.2, 0.25) is 0 Å². The van der Waals surface area contributed by atoms with Crippen molar-refractivity contribution < 1.29 is 14.5 Å². The summed E-state index contributed by atoms with van der Waals surface area (Å²) in [5, 5.41) is 10.7. The van der Waals surface area contributed by atoms with Crippen LogP contribution in [0.2, 0.25) is 0 Å². The molecule has 1 amide bonds. The minimum Gasteiger partial charge on any atom is -0.494 e. The highest BCUT2D eigenvalue weighted by Crippen LogP contribution is 2.23. The van der Waals surface area contributed by atoms with E-state index in [0.717, 1.165) is 28.3 Å². The highest BCUT2D eigenvalue weighted by molar-refractivity contribution is 7.98. The van der Waals surface area contributed by atoms with Crippen LogP contribution in [0.15, 0.2) is 53.5 Å². The van der Waals surface area contributed by atoms with Crippen molar-refractivity contribution in [3.05, 3.63) is 69.0 Å². The summed E-state index contributed by atoms with van der Waals surface area (Å²) in [5.41, 5.74) is 1.72. The molecular weight excluding hydrogens is 422 g/mol. The molecule has 2 aromatic carbocycles. The van der Waals surface area contributed by atoms with E-state index in [1.165, 1.54) is 29.5 Å². The molecule has 3 aromatic rings. The summed E-state index contributed by atoms with van der Waals surface area (Å²) in [6, 6.07) is 11.9. The number of carbonyl (C=O) groups excluding carboxylic acids is 1. The van der Waals surface area contributed by atoms with Crippen LogP contribution in [0.5, 0.6) is 5.75 Å². The number of amides is 1. The minimum absolute atomic E-state index is 0.00898. The van der Waals surface area contributed by atoms with Gasteiger partial charge in [0.15, 0.2) is 4.80 Å². The second-order valence-corrected chi connectivity index (χ2v) is 8.22. The summed E-state index contributed by atoms with van der Waals surface area (Å²) in [6.45, 7) is 3.27. The number of ether oxygens (including phenoxy) is 1. The molecule has 3 rings (SSSR count). The summed E-state index contributed by atoms with van der Waals surface area (Å²) in [7, 11) is 0. The Hall–Kier alpha value is -2.91. The first kappa shape index (κ1) is 21.8. The minimum atomic E-state index is -0.459. The zero-order valence-corrected chi connectivity index (χ0v) is 18.2. The van der Waals surface area contributed by atoms with Crippen LogP contribution in [0.4, 0.5) is 5.69 Å². The monoisotopic (exact) mass is 443 g/mol. The second kappa shape index (κ2) is 10.2. The van der Waals surface area contributed by atoms with E-state index in [2.05, 4.69) is 4.99 Å². The van der Waals surface area contributed by atoms with Gasteiger partial charge in [-0.3, -0.25) is 14.9 Å². The van der Waals surface area contributed by atoms with Crippen molar-refractivity contribution in [2.24, 2.45) is 4.99 Å². The quantitative estimate of drug-likeness (QED) is 0.290. The molecule has 0 N–H and O–H groups in total. The topological polar surface area (TPSA) is 86.7 Å². The Morgan fingerprint density at radius 1 is 1.30 bits per heavy atom. The number of fused-ring (bicyclic) bond motifs is 1. The summed E-state index contributed by atoms with van der Waals surface area (Å²) in [5.74, 6) is 1.31. The number of benzene rings is 2. The molecule has 9 heteroatoms. The van der Waals surface area contributed by atoms with Crippen molar-refractivity contribution in [1.82, 2.24) is 4.57 Å². The van der Waals surface area contributed by atoms with E-state index in [1.807, 2.05) is 35.9 Å². The molecule has 1 heterocycles. The lowest BCUT2D eigenvalue weighted by molar-refractivity contribution is -0.384. The van der Waals surface area contributed by atoms with E-state index in [-0.39, 0.29) is 11.6 Å². The van der Waals surface area contributed by atoms with Crippen LogP contribution in [0.3, 0.4) is 0 Å². The van der Waals surface area contributed by atoms with E-state index < -0.39 is 4.92 Å². The SMILES string of the molecule is CCOc1ccc2c(c1)sc(=NC(=O)/C=C/c1ccc([N+](=O)[O-])cc1)n2CCSC. The number of thiazole rings is 1. The third-order valence-corrected chi connectivity index (χ3v) is 5.84. The maximum absolute atomic E-state index is 12.4. The molecule has 0 aliphatic carbocycles. The van der Waals surface area contributed by atoms with Crippen molar-refractivity contribution >= 4 is 51.0 Å². The number of nitrogens with zero attached hydrogens (tertiary/aromatic N) is 3. The first-order valence-corrected chi connectivity index (χ1v) is 11.5. The standard InChI is InChI=1S/C21H21N3O4S2/c1-3-28-17-9-10-18-19(14-17)30-21(23(18)12-13-29-2)22-20(25)11-6-15-4-7-16(8-5-15)24(26)27/h4-11,14H,3,12-13H2,1-2H3/b11-6+,22-21?. The van der Waals surface area contributed by atoms with Gasteiger partial charge in [0.1, 0.15) is 5.75 Å². The Balaban J connectivity index is 1.90. The number of thioether (sulfide) groups is 1. The van der Waals surface area contributed by atoms with Crippen LogP contribution in [-0.2, 0) is 11.3 Å². The number of hydrogen-bond donors (Lipinski definition) is 0. The van der Waals surface area contributed by atoms with Gasteiger partial charge in [0, 0.05) is 30.5 Å². The molecule has 0 aliphatic rings. The normalized spacial score (nSPS) is 12.0. The van der Waals surface area contributed by atoms with Gasteiger partial charge >= 0.3 is 0 Å². The predicted molar refractivity (Wildman–Crippen MR) is 122 cm³/mol. The molecule has 0 saturated heterocycles. The average Bonchev–Trinajstić information content (AvgIpc) is 3.07. The largest absolute Gasteiger partial charge is 0.494 e. The fourth-order valence-electron chi connectivity index (χ4n) is 2.80. The Morgan fingerprint density at radius 3 is 2.73 bits per heavy atom. The first-order valence-electron chi connectivity index (χ1n) is 9.28. The van der Waals surface area contributed by atoms with Crippen molar-refractivity contribution in [3.63, 3.8) is 0 Å². The maximum Gasteiger partial charge on any atom is 0.272 e. The molecule has 0 atom stereocenters. The molecule has 0 saturated carbocycles. The number of carbonyl (C=O) groups is 1. The molecule has 0 bridgehead atoms. The van der Waals surface area contributed by atoms with E-state index in [0.29, 0.717) is 17.0 Å². The molecule has 0 spiro atoms. The van der Waals surface area contributed by atoms with Gasteiger partial charge in [-0.25, -0.2) is 0 Å². The molecule has 0 aliphatic heterocycles. The smallest absolute Gasteiger partial charge is 0.272 e. The number of aryl methyl sites for hydroxylation is 1. The van der Waals surface area contributed by atoms with Gasteiger partial charge in [-0.2, -0.15) is 16.8 Å². The second-order valence-electron chi connectivity index (χ2n) is 6.22. The zero-order valence-electron chi connectivity index (χ0n) is 16.6. The van der Waals surface area contributed by atoms with Crippen molar-refractivity contribution in [2.75, 3.05) is 18.6 Å². The molecular formula is C21H21N3O4S2. The number of hydrogen-bond acceptors (Lipinski definition) is 6. The van der Waals surface area contributed by atoms with Crippen LogP contribution < -0.4 is 9.54 Å². The van der Waals surface area contributed by atoms with Gasteiger partial charge in [0.05, 0.1) is 21.7 Å². The summed E-state index contributed by atoms with van der Waals surface area (Å²) >= 11 is 3.18. The van der Waals surface area contributed by atoms with Gasteiger partial charge < -0.3 is 9.30 Å². The van der Waals surface area contributed by atoms with E-state index in [4.69, 9.17) is 4.74 Å². The van der Waals surface area contributed by atoms with Gasteiger partial charge in [-0.15, -0.1) is 0 Å². The van der Waals surface area contributed by atoms with E-state index in [9.17, 15) is 14.9 Å². The lowest BCUT2D eigenvalue weighted by atomic mass is 10.2. The van der Waals surface area contributed by atoms with Crippen LogP contribution in [0, 0.1) is 10.1 Å². The van der Waals surface area contributed by atoms with Gasteiger partial charge in [-0.05, 0) is 55.2 Å². The zero-order chi connectivity index (χ0) is 21.5. The van der Waals surface area contributed by atoms with E-state index in [1.54, 1.807) is 30.0 Å². The summed E-state index contributed by atoms with van der Waals surface area (Å²) in [6.07, 6.45) is 5.01. The molecule has 0 radical (unpaired) electrons. The van der Waals surface area contributed by atoms with Crippen molar-refractivity contribution in [3.8, 4) is 5.75 Å². The molecule has 0 fully saturated rings. The van der Waals surface area contributed by atoms with Crippen LogP contribution in [-0.4, -0.2) is 34.0 Å². The molecule has 1 aromatic heterocycles. The predicted octanol–water partition coefficient (Wildman–Crippen LogP) is 4.51. The third-order valence-electron chi connectivity index (χ3n) is 4.21. The lowest BCUT2D eigenvalue weighted by Gasteiger charge is -2.05. The Labute approximate surface area is 181 Å². The Bertz CT molecular complexity index is 1150.